The molecule has 1 atom stereocenters. The molecule has 0 spiro atoms. The van der Waals surface area contributed by atoms with Crippen molar-refractivity contribution in [1.29, 1.82) is 0 Å². The fourth-order valence-corrected chi connectivity index (χ4v) is 2.07. The summed E-state index contributed by atoms with van der Waals surface area (Å²) < 4.78 is 32.3. The molecule has 0 amide bonds. The van der Waals surface area contributed by atoms with Crippen molar-refractivity contribution in [1.82, 2.24) is 0 Å². The predicted molar refractivity (Wildman–Crippen MR) is 69.5 cm³/mol. The summed E-state index contributed by atoms with van der Waals surface area (Å²) in [6, 6.07) is 8.58. The first-order chi connectivity index (χ1) is 9.01. The Kier molecular flexibility index (Phi) is 3.68. The lowest BCUT2D eigenvalue weighted by Crippen LogP contribution is -2.36. The molecule has 0 bridgehead atoms. The van der Waals surface area contributed by atoms with Crippen LogP contribution in [-0.4, -0.2) is 24.7 Å². The molecule has 3 nitrogen and oxygen atoms in total. The second-order valence-electron chi connectivity index (χ2n) is 4.30. The van der Waals surface area contributed by atoms with Gasteiger partial charge >= 0.3 is 0 Å². The van der Waals surface area contributed by atoms with Gasteiger partial charge in [0.15, 0.2) is 0 Å². The Labute approximate surface area is 109 Å². The van der Waals surface area contributed by atoms with Gasteiger partial charge in [-0.05, 0) is 17.0 Å². The van der Waals surface area contributed by atoms with E-state index in [1.807, 2.05) is 0 Å². The van der Waals surface area contributed by atoms with Gasteiger partial charge in [-0.15, -0.1) is 0 Å². The molecular formula is C14H15F2NO2. The van der Waals surface area contributed by atoms with Crippen molar-refractivity contribution >= 4 is 10.8 Å². The van der Waals surface area contributed by atoms with Crippen LogP contribution in [0.1, 0.15) is 11.6 Å². The van der Waals surface area contributed by atoms with E-state index in [4.69, 9.17) is 15.6 Å². The van der Waals surface area contributed by atoms with Crippen LogP contribution in [0, 0.1) is 0 Å². The molecule has 5 heteroatoms. The number of aliphatic hydroxyl groups excluding tert-OH is 1. The van der Waals surface area contributed by atoms with Crippen LogP contribution in [0.4, 0.5) is 8.78 Å². The summed E-state index contributed by atoms with van der Waals surface area (Å²) in [7, 11) is 1.52. The number of alkyl halides is 2. The molecule has 2 rings (SSSR count). The van der Waals surface area contributed by atoms with E-state index in [0.29, 0.717) is 16.5 Å². The highest BCUT2D eigenvalue weighted by Crippen LogP contribution is 2.36. The Hall–Kier alpha value is -1.72. The van der Waals surface area contributed by atoms with E-state index < -0.39 is 18.6 Å². The van der Waals surface area contributed by atoms with Crippen molar-refractivity contribution in [3.05, 3.63) is 42.0 Å². The number of rotatable bonds is 4. The van der Waals surface area contributed by atoms with E-state index in [0.717, 1.165) is 0 Å². The van der Waals surface area contributed by atoms with Crippen LogP contribution in [0.15, 0.2) is 36.4 Å². The molecule has 0 aromatic heterocycles. The third kappa shape index (κ3) is 2.39. The second-order valence-corrected chi connectivity index (χ2v) is 4.30. The normalized spacial score (nSPS) is 13.5. The molecule has 0 aliphatic carbocycles. The van der Waals surface area contributed by atoms with Gasteiger partial charge in [0.05, 0.1) is 13.2 Å². The molecule has 2 aromatic rings. The van der Waals surface area contributed by atoms with Crippen LogP contribution in [-0.2, 0) is 0 Å². The van der Waals surface area contributed by atoms with Gasteiger partial charge in [-0.25, -0.2) is 8.78 Å². The Morgan fingerprint density at radius 2 is 1.84 bits per heavy atom. The monoisotopic (exact) mass is 267 g/mol. The summed E-state index contributed by atoms with van der Waals surface area (Å²) in [6.45, 7) is -1.28. The minimum atomic E-state index is -3.36. The standard InChI is InChI=1S/C14H15F2NO2/c1-19-12-7-6-11(13(17)14(15,16)8-18)9-4-2-3-5-10(9)12/h2-7,13,18H,8,17H2,1H3/t13-/m0/s1. The van der Waals surface area contributed by atoms with Gasteiger partial charge < -0.3 is 15.6 Å². The quantitative estimate of drug-likeness (QED) is 0.894. The van der Waals surface area contributed by atoms with Crippen LogP contribution < -0.4 is 10.5 Å². The lowest BCUT2D eigenvalue weighted by atomic mass is 9.95. The molecule has 19 heavy (non-hydrogen) atoms. The fourth-order valence-electron chi connectivity index (χ4n) is 2.07. The number of aliphatic hydroxyl groups is 1. The number of nitrogens with two attached hydrogens (primary N) is 1. The number of ether oxygens (including phenoxy) is 1. The zero-order valence-corrected chi connectivity index (χ0v) is 10.4. The van der Waals surface area contributed by atoms with Gasteiger partial charge in [-0.2, -0.15) is 0 Å². The molecule has 0 saturated carbocycles. The van der Waals surface area contributed by atoms with Crippen molar-refractivity contribution in [2.24, 2.45) is 5.73 Å². The van der Waals surface area contributed by atoms with Gasteiger partial charge in [0.1, 0.15) is 12.4 Å². The average molecular weight is 267 g/mol. The number of halogens is 2. The third-order valence-corrected chi connectivity index (χ3v) is 3.14. The Morgan fingerprint density at radius 1 is 1.21 bits per heavy atom. The number of hydrogen-bond donors (Lipinski definition) is 2. The van der Waals surface area contributed by atoms with Crippen molar-refractivity contribution in [3.8, 4) is 5.75 Å². The lowest BCUT2D eigenvalue weighted by Gasteiger charge is -2.23. The Balaban J connectivity index is 2.63. The smallest absolute Gasteiger partial charge is 0.289 e. The molecule has 0 radical (unpaired) electrons. The van der Waals surface area contributed by atoms with E-state index in [1.54, 1.807) is 30.3 Å². The average Bonchev–Trinajstić information content (AvgIpc) is 2.45. The molecular weight excluding hydrogens is 252 g/mol. The molecule has 0 saturated heterocycles. The van der Waals surface area contributed by atoms with Crippen molar-refractivity contribution in [3.63, 3.8) is 0 Å². The molecule has 0 heterocycles. The molecule has 0 fully saturated rings. The number of fused-ring (bicyclic) bond motifs is 1. The van der Waals surface area contributed by atoms with E-state index in [1.165, 1.54) is 13.2 Å². The zero-order chi connectivity index (χ0) is 14.0. The van der Waals surface area contributed by atoms with E-state index in [2.05, 4.69) is 0 Å². The number of hydrogen-bond acceptors (Lipinski definition) is 3. The Bertz CT molecular complexity index is 587. The highest BCUT2D eigenvalue weighted by atomic mass is 19.3. The number of benzene rings is 2. The van der Waals surface area contributed by atoms with Crippen LogP contribution in [0.5, 0.6) is 5.75 Å². The topological polar surface area (TPSA) is 55.5 Å². The molecule has 2 aromatic carbocycles. The fraction of sp³-hybridized carbons (Fsp3) is 0.286. The molecule has 3 N–H and O–H groups in total. The van der Waals surface area contributed by atoms with Crippen molar-refractivity contribution in [2.45, 2.75) is 12.0 Å². The van der Waals surface area contributed by atoms with Crippen LogP contribution in [0.25, 0.3) is 10.8 Å². The SMILES string of the molecule is COc1ccc([C@H](N)C(F)(F)CO)c2ccccc12. The largest absolute Gasteiger partial charge is 0.496 e. The molecule has 102 valence electrons. The Morgan fingerprint density at radius 3 is 2.42 bits per heavy atom. The van der Waals surface area contributed by atoms with Crippen molar-refractivity contribution < 1.29 is 18.6 Å². The van der Waals surface area contributed by atoms with Gasteiger partial charge in [-0.3, -0.25) is 0 Å². The maximum absolute atomic E-state index is 13.5. The summed E-state index contributed by atoms with van der Waals surface area (Å²) >= 11 is 0. The summed E-state index contributed by atoms with van der Waals surface area (Å²) in [6.07, 6.45) is 0. The lowest BCUT2D eigenvalue weighted by molar-refractivity contribution is -0.0708. The maximum atomic E-state index is 13.5. The minimum Gasteiger partial charge on any atom is -0.496 e. The van der Waals surface area contributed by atoms with Gasteiger partial charge in [0.25, 0.3) is 5.92 Å². The van der Waals surface area contributed by atoms with E-state index >= 15 is 0 Å². The van der Waals surface area contributed by atoms with Gasteiger partial charge in [-0.1, -0.05) is 30.3 Å². The first-order valence-corrected chi connectivity index (χ1v) is 5.81. The molecule has 0 aliphatic rings. The highest BCUT2D eigenvalue weighted by Gasteiger charge is 2.38. The maximum Gasteiger partial charge on any atom is 0.289 e. The first kappa shape index (κ1) is 13.7. The zero-order valence-electron chi connectivity index (χ0n) is 10.4. The third-order valence-electron chi connectivity index (χ3n) is 3.14. The van der Waals surface area contributed by atoms with Gasteiger partial charge in [0, 0.05) is 5.39 Å². The molecule has 0 aliphatic heterocycles. The summed E-state index contributed by atoms with van der Waals surface area (Å²) in [5.41, 5.74) is 5.88. The molecule has 0 unspecified atom stereocenters. The minimum absolute atomic E-state index is 0.287. The summed E-state index contributed by atoms with van der Waals surface area (Å²) in [4.78, 5) is 0. The van der Waals surface area contributed by atoms with Gasteiger partial charge in [0.2, 0.25) is 0 Å². The van der Waals surface area contributed by atoms with Crippen LogP contribution in [0.3, 0.4) is 0 Å². The highest BCUT2D eigenvalue weighted by molar-refractivity contribution is 5.91. The van der Waals surface area contributed by atoms with Crippen LogP contribution >= 0.6 is 0 Å². The summed E-state index contributed by atoms with van der Waals surface area (Å²) in [5.74, 6) is -2.77. The van der Waals surface area contributed by atoms with Crippen molar-refractivity contribution in [2.75, 3.05) is 13.7 Å². The van der Waals surface area contributed by atoms with E-state index in [9.17, 15) is 8.78 Å². The predicted octanol–water partition coefficient (Wildman–Crippen LogP) is 2.48. The van der Waals surface area contributed by atoms with E-state index in [-0.39, 0.29) is 5.56 Å². The number of methoxy groups -OCH3 is 1. The van der Waals surface area contributed by atoms with Crippen LogP contribution in [0.2, 0.25) is 0 Å². The first-order valence-electron chi connectivity index (χ1n) is 5.81. The second kappa shape index (κ2) is 5.11. The summed E-state index contributed by atoms with van der Waals surface area (Å²) in [5, 5.41) is 10.1.